The summed E-state index contributed by atoms with van der Waals surface area (Å²) in [5, 5.41) is 0. The van der Waals surface area contributed by atoms with Crippen molar-refractivity contribution in [1.82, 2.24) is 0 Å². The number of hydrogen-bond donors (Lipinski definition) is 0. The maximum Gasteiger partial charge on any atom is 0.110 e. The Morgan fingerprint density at radius 3 is 0.541 bits per heavy atom. The lowest BCUT2D eigenvalue weighted by Crippen LogP contribution is -2.78. The number of rotatable bonds is 4. The molecule has 0 aliphatic carbocycles. The minimum atomic E-state index is -1.48. The summed E-state index contributed by atoms with van der Waals surface area (Å²) in [4.78, 5) is 0. The molecule has 0 radical (unpaired) electrons. The second-order valence-electron chi connectivity index (χ2n) is 12.1. The van der Waals surface area contributed by atoms with Crippen LogP contribution in [-0.4, -0.2) is 6.15 Å². The Balaban J connectivity index is 2.46. The van der Waals surface area contributed by atoms with Crippen molar-refractivity contribution in [3.05, 3.63) is 115 Å². The van der Waals surface area contributed by atoms with E-state index in [0.717, 1.165) is 0 Å². The maximum absolute atomic E-state index is 2.40. The first-order valence-electron chi connectivity index (χ1n) is 13.8. The molecular formula is C36H44B-. The average molecular weight is 488 g/mol. The molecule has 0 nitrogen and oxygen atoms in total. The van der Waals surface area contributed by atoms with Crippen LogP contribution in [0.5, 0.6) is 0 Å². The molecule has 0 bridgehead atoms. The smallest absolute Gasteiger partial charge is 0.110 e. The zero-order valence-corrected chi connectivity index (χ0v) is 25.2. The highest BCUT2D eigenvalue weighted by Crippen LogP contribution is 2.25. The van der Waals surface area contributed by atoms with Crippen molar-refractivity contribution >= 4 is 28.0 Å². The molecule has 37 heavy (non-hydrogen) atoms. The Kier molecular flexibility index (Phi) is 7.06. The molecule has 0 N–H and O–H groups in total. The Hall–Kier alpha value is -3.06. The third kappa shape index (κ3) is 4.37. The van der Waals surface area contributed by atoms with Crippen LogP contribution in [0.4, 0.5) is 0 Å². The van der Waals surface area contributed by atoms with Gasteiger partial charge in [-0.15, -0.1) is 0 Å². The molecule has 4 rings (SSSR count). The lowest BCUT2D eigenvalue weighted by molar-refractivity contribution is 1.30. The van der Waals surface area contributed by atoms with Crippen LogP contribution in [0.3, 0.4) is 0 Å². The van der Waals surface area contributed by atoms with Crippen LogP contribution in [0, 0.1) is 83.1 Å². The highest BCUT2D eigenvalue weighted by molar-refractivity contribution is 7.21. The van der Waals surface area contributed by atoms with Gasteiger partial charge in [0.05, 0.1) is 0 Å². The van der Waals surface area contributed by atoms with Gasteiger partial charge in [-0.3, -0.25) is 0 Å². The van der Waals surface area contributed by atoms with Crippen LogP contribution in [0.25, 0.3) is 0 Å². The van der Waals surface area contributed by atoms with Crippen molar-refractivity contribution in [2.75, 3.05) is 0 Å². The average Bonchev–Trinajstić information content (AvgIpc) is 2.70. The van der Waals surface area contributed by atoms with E-state index in [1.54, 1.807) is 0 Å². The van der Waals surface area contributed by atoms with E-state index in [-0.39, 0.29) is 0 Å². The van der Waals surface area contributed by atoms with E-state index in [2.05, 4.69) is 132 Å². The number of hydrogen-bond acceptors (Lipinski definition) is 0. The molecule has 0 spiro atoms. The van der Waals surface area contributed by atoms with Crippen molar-refractivity contribution in [2.45, 2.75) is 83.1 Å². The topological polar surface area (TPSA) is 0 Å². The molecule has 0 amide bonds. The van der Waals surface area contributed by atoms with E-state index in [1.807, 2.05) is 0 Å². The van der Waals surface area contributed by atoms with E-state index in [1.165, 1.54) is 88.6 Å². The highest BCUT2D eigenvalue weighted by atomic mass is 14.2. The fourth-order valence-electron chi connectivity index (χ4n) is 8.36. The van der Waals surface area contributed by atoms with E-state index in [0.29, 0.717) is 0 Å². The molecule has 4 aromatic carbocycles. The van der Waals surface area contributed by atoms with Gasteiger partial charge in [-0.25, -0.2) is 0 Å². The molecule has 0 heterocycles. The van der Waals surface area contributed by atoms with Gasteiger partial charge < -0.3 is 0 Å². The van der Waals surface area contributed by atoms with Gasteiger partial charge in [0, 0.05) is 0 Å². The fourth-order valence-corrected chi connectivity index (χ4v) is 8.36. The molecule has 4 aromatic rings. The lowest BCUT2D eigenvalue weighted by atomic mass is 9.10. The van der Waals surface area contributed by atoms with Crippen molar-refractivity contribution < 1.29 is 0 Å². The zero-order valence-electron chi connectivity index (χ0n) is 25.2. The second-order valence-corrected chi connectivity index (χ2v) is 12.1. The number of aryl methyl sites for hydroxylation is 12. The van der Waals surface area contributed by atoms with Crippen LogP contribution in [0.2, 0.25) is 0 Å². The van der Waals surface area contributed by atoms with Gasteiger partial charge in [-0.1, -0.05) is 115 Å². The zero-order chi connectivity index (χ0) is 27.4. The summed E-state index contributed by atoms with van der Waals surface area (Å²) in [6, 6.07) is 19.2. The molecule has 0 aliphatic rings. The first kappa shape index (κ1) is 27.0. The standard InChI is InChI=1S/C36H44B/c1-21-13-25(5)33(26(6)14-21)37(34-27(7)15-22(2)16-28(34)8,35-29(9)17-23(3)18-30(35)10)36-31(11)19-24(4)20-32(36)12/h13-20H,1-12H3/q-1. The Morgan fingerprint density at radius 1 is 0.270 bits per heavy atom. The van der Waals surface area contributed by atoms with Crippen molar-refractivity contribution in [1.29, 1.82) is 0 Å². The summed E-state index contributed by atoms with van der Waals surface area (Å²) in [7, 11) is 0. The van der Waals surface area contributed by atoms with E-state index in [4.69, 9.17) is 0 Å². The summed E-state index contributed by atoms with van der Waals surface area (Å²) in [6.07, 6.45) is -1.48. The monoisotopic (exact) mass is 487 g/mol. The lowest BCUT2D eigenvalue weighted by Gasteiger charge is -2.51. The fraction of sp³-hybridized carbons (Fsp3) is 0.333. The van der Waals surface area contributed by atoms with E-state index < -0.39 is 6.15 Å². The molecule has 0 atom stereocenters. The summed E-state index contributed by atoms with van der Waals surface area (Å²) in [5.41, 5.74) is 22.4. The van der Waals surface area contributed by atoms with Gasteiger partial charge in [0.15, 0.2) is 0 Å². The molecule has 0 saturated carbocycles. The van der Waals surface area contributed by atoms with Crippen LogP contribution < -0.4 is 21.9 Å². The first-order valence-corrected chi connectivity index (χ1v) is 13.8. The van der Waals surface area contributed by atoms with Crippen LogP contribution in [0.1, 0.15) is 66.8 Å². The van der Waals surface area contributed by atoms with Crippen LogP contribution >= 0.6 is 0 Å². The van der Waals surface area contributed by atoms with Crippen molar-refractivity contribution in [2.24, 2.45) is 0 Å². The third-order valence-corrected chi connectivity index (χ3v) is 8.68. The highest BCUT2D eigenvalue weighted by Gasteiger charge is 2.39. The minimum absolute atomic E-state index is 1.33. The second kappa shape index (κ2) is 9.68. The van der Waals surface area contributed by atoms with Crippen LogP contribution in [0.15, 0.2) is 48.5 Å². The summed E-state index contributed by atoms with van der Waals surface area (Å²) >= 11 is 0. The maximum atomic E-state index is 2.40. The normalized spacial score (nSPS) is 11.8. The Bertz CT molecular complexity index is 1210. The molecule has 0 saturated heterocycles. The summed E-state index contributed by atoms with van der Waals surface area (Å²) in [6.45, 7) is 27.6. The van der Waals surface area contributed by atoms with Gasteiger partial charge in [0.25, 0.3) is 0 Å². The molecule has 192 valence electrons. The molecule has 0 aliphatic heterocycles. The first-order chi connectivity index (χ1) is 17.3. The van der Waals surface area contributed by atoms with Gasteiger partial charge in [0.1, 0.15) is 6.15 Å². The van der Waals surface area contributed by atoms with Gasteiger partial charge >= 0.3 is 0 Å². The molecule has 0 aromatic heterocycles. The predicted octanol–water partition coefficient (Wildman–Crippen LogP) is 6.77. The SMILES string of the molecule is Cc1cc(C)c([B-](c2c(C)cc(C)cc2C)(c2c(C)cc(C)cc2C)c2c(C)cc(C)cc2C)c(C)c1. The largest absolute Gasteiger partial charge is 0.189 e. The van der Waals surface area contributed by atoms with E-state index >= 15 is 0 Å². The third-order valence-electron chi connectivity index (χ3n) is 8.68. The van der Waals surface area contributed by atoms with Gasteiger partial charge in [-0.2, -0.15) is 21.9 Å². The molecule has 0 fully saturated rings. The van der Waals surface area contributed by atoms with Crippen molar-refractivity contribution in [3.8, 4) is 0 Å². The number of benzene rings is 4. The predicted molar refractivity (Wildman–Crippen MR) is 167 cm³/mol. The summed E-state index contributed by atoms with van der Waals surface area (Å²) < 4.78 is 0. The van der Waals surface area contributed by atoms with Gasteiger partial charge in [-0.05, 0) is 83.1 Å². The van der Waals surface area contributed by atoms with Gasteiger partial charge in [0.2, 0.25) is 0 Å². The quantitative estimate of drug-likeness (QED) is 0.279. The van der Waals surface area contributed by atoms with E-state index in [9.17, 15) is 0 Å². The van der Waals surface area contributed by atoms with Crippen molar-refractivity contribution in [3.63, 3.8) is 0 Å². The minimum Gasteiger partial charge on any atom is -0.189 e. The Labute approximate surface area is 226 Å². The molecule has 0 unspecified atom stereocenters. The van der Waals surface area contributed by atoms with Crippen LogP contribution in [-0.2, 0) is 0 Å². The molecular weight excluding hydrogens is 443 g/mol. The Morgan fingerprint density at radius 2 is 0.405 bits per heavy atom. The molecule has 1 heteroatoms. The summed E-state index contributed by atoms with van der Waals surface area (Å²) in [5.74, 6) is 0.